The molecule has 14 nitrogen and oxygen atoms in total. The predicted octanol–water partition coefficient (Wildman–Crippen LogP) is 1.91. The summed E-state index contributed by atoms with van der Waals surface area (Å²) in [6.45, 7) is 4.54. The van der Waals surface area contributed by atoms with Gasteiger partial charge in [0.1, 0.15) is 23.7 Å². The summed E-state index contributed by atoms with van der Waals surface area (Å²) in [5.74, 6) is 0.0652. The number of hydrogen-bond donors (Lipinski definition) is 4. The van der Waals surface area contributed by atoms with Crippen molar-refractivity contribution < 1.29 is 23.9 Å². The molecule has 0 spiro atoms. The summed E-state index contributed by atoms with van der Waals surface area (Å²) in [6.07, 6.45) is 0.651. The molecule has 0 fully saturated rings. The molecule has 0 saturated heterocycles. The molecular formula is C31H37N7O7. The third-order valence-electron chi connectivity index (χ3n) is 6.63. The van der Waals surface area contributed by atoms with E-state index in [1.54, 1.807) is 24.3 Å². The van der Waals surface area contributed by atoms with Crippen molar-refractivity contribution in [2.24, 2.45) is 0 Å². The van der Waals surface area contributed by atoms with Crippen molar-refractivity contribution in [3.63, 3.8) is 0 Å². The first-order valence-corrected chi connectivity index (χ1v) is 14.7. The Bertz CT molecular complexity index is 1730. The van der Waals surface area contributed by atoms with Gasteiger partial charge in [-0.1, -0.05) is 44.2 Å². The number of alkyl carbamates (subject to hydrolysis) is 1. The molecule has 3 amide bonds. The Morgan fingerprint density at radius 2 is 1.51 bits per heavy atom. The number of imidazole rings is 1. The zero-order valence-electron chi connectivity index (χ0n) is 25.3. The minimum absolute atomic E-state index is 0.0969. The fraction of sp³-hybridized carbons (Fsp3) is 0.355. The molecule has 4 rings (SSSR count). The largest absolute Gasteiger partial charge is 0.484 e. The van der Waals surface area contributed by atoms with Crippen LogP contribution in [0.15, 0.2) is 64.2 Å². The van der Waals surface area contributed by atoms with Crippen molar-refractivity contribution in [2.75, 3.05) is 26.2 Å². The number of aromatic amines is 1. The van der Waals surface area contributed by atoms with Gasteiger partial charge in [0, 0.05) is 31.7 Å². The van der Waals surface area contributed by atoms with Gasteiger partial charge >= 0.3 is 11.8 Å². The van der Waals surface area contributed by atoms with Crippen LogP contribution in [0, 0.1) is 0 Å². The van der Waals surface area contributed by atoms with Crippen molar-refractivity contribution >= 4 is 29.1 Å². The van der Waals surface area contributed by atoms with Crippen molar-refractivity contribution in [3.8, 4) is 17.1 Å². The number of amides is 3. The lowest BCUT2D eigenvalue weighted by Crippen LogP contribution is -2.41. The van der Waals surface area contributed by atoms with Crippen LogP contribution in [0.3, 0.4) is 0 Å². The smallest absolute Gasteiger partial charge is 0.407 e. The van der Waals surface area contributed by atoms with Crippen molar-refractivity contribution in [1.82, 2.24) is 35.1 Å². The fourth-order valence-electron chi connectivity index (χ4n) is 4.45. The molecule has 0 bridgehead atoms. The lowest BCUT2D eigenvalue weighted by atomic mass is 10.2. The average Bonchev–Trinajstić information content (AvgIpc) is 3.50. The van der Waals surface area contributed by atoms with Crippen LogP contribution >= 0.6 is 0 Å². The minimum Gasteiger partial charge on any atom is -0.484 e. The highest BCUT2D eigenvalue weighted by Gasteiger charge is 2.17. The highest BCUT2D eigenvalue weighted by atomic mass is 16.5. The van der Waals surface area contributed by atoms with Gasteiger partial charge in [-0.25, -0.2) is 14.6 Å². The van der Waals surface area contributed by atoms with Crippen molar-refractivity contribution in [1.29, 1.82) is 0 Å². The number of aryl methyl sites for hydroxylation is 1. The Kier molecular flexibility index (Phi) is 11.5. The standard InChI is InChI=1S/C31H37N7O7/c1-3-16-37-28-26(29(41)38(17-4-2)31(37)43)35-27(36-28)22-10-12-23(13-11-22)44-20-25(40)33-15-14-32-24(39)18-34-30(42)45-19-21-8-6-5-7-9-21/h5-13H,3-4,14-20H2,1-2H3,(H,32,39)(H,33,40)(H,34,42)(H,35,36). The number of hydrogen-bond acceptors (Lipinski definition) is 8. The molecule has 4 aromatic rings. The molecule has 238 valence electrons. The number of fused-ring (bicyclic) bond motifs is 1. The first-order chi connectivity index (χ1) is 21.8. The van der Waals surface area contributed by atoms with Crippen molar-refractivity contribution in [3.05, 3.63) is 81.0 Å². The van der Waals surface area contributed by atoms with E-state index in [-0.39, 0.29) is 50.0 Å². The Morgan fingerprint density at radius 3 is 2.20 bits per heavy atom. The van der Waals surface area contributed by atoms with Crippen LogP contribution in [0.5, 0.6) is 5.75 Å². The first-order valence-electron chi connectivity index (χ1n) is 14.7. The van der Waals surface area contributed by atoms with Gasteiger partial charge in [0.2, 0.25) is 5.91 Å². The van der Waals surface area contributed by atoms with E-state index in [1.807, 2.05) is 44.2 Å². The second-order valence-corrected chi connectivity index (χ2v) is 10.1. The van der Waals surface area contributed by atoms with Crippen LogP contribution in [0.2, 0.25) is 0 Å². The number of aromatic nitrogens is 4. The number of rotatable bonds is 15. The molecule has 45 heavy (non-hydrogen) atoms. The molecule has 0 unspecified atom stereocenters. The van der Waals surface area contributed by atoms with Gasteiger partial charge in [0.15, 0.2) is 12.3 Å². The van der Waals surface area contributed by atoms with Gasteiger partial charge in [-0.15, -0.1) is 0 Å². The quantitative estimate of drug-likeness (QED) is 0.146. The highest BCUT2D eigenvalue weighted by Crippen LogP contribution is 2.22. The first kappa shape index (κ1) is 32.5. The summed E-state index contributed by atoms with van der Waals surface area (Å²) >= 11 is 0. The second-order valence-electron chi connectivity index (χ2n) is 10.1. The summed E-state index contributed by atoms with van der Waals surface area (Å²) in [7, 11) is 0. The van der Waals surface area contributed by atoms with Gasteiger partial charge < -0.3 is 30.4 Å². The summed E-state index contributed by atoms with van der Waals surface area (Å²) in [6, 6.07) is 16.0. The van der Waals surface area contributed by atoms with E-state index < -0.39 is 17.6 Å². The Hall–Kier alpha value is -5.40. The number of ether oxygens (including phenoxy) is 2. The van der Waals surface area contributed by atoms with E-state index in [0.29, 0.717) is 48.7 Å². The third-order valence-corrected chi connectivity index (χ3v) is 6.63. The molecule has 14 heteroatoms. The van der Waals surface area contributed by atoms with Gasteiger partial charge in [-0.2, -0.15) is 0 Å². The van der Waals surface area contributed by atoms with E-state index in [2.05, 4.69) is 25.9 Å². The van der Waals surface area contributed by atoms with Crippen LogP contribution in [0.25, 0.3) is 22.6 Å². The fourth-order valence-corrected chi connectivity index (χ4v) is 4.45. The Labute approximate surface area is 258 Å². The molecular weight excluding hydrogens is 582 g/mol. The van der Waals surface area contributed by atoms with Crippen LogP contribution in [-0.4, -0.2) is 63.3 Å². The average molecular weight is 620 g/mol. The van der Waals surface area contributed by atoms with Crippen LogP contribution in [-0.2, 0) is 34.0 Å². The molecule has 0 saturated carbocycles. The van der Waals surface area contributed by atoms with E-state index in [1.165, 1.54) is 9.13 Å². The molecule has 0 radical (unpaired) electrons. The van der Waals surface area contributed by atoms with E-state index in [0.717, 1.165) is 5.56 Å². The molecule has 2 aromatic carbocycles. The normalized spacial score (nSPS) is 10.8. The van der Waals surface area contributed by atoms with Gasteiger partial charge in [-0.05, 0) is 42.7 Å². The topological polar surface area (TPSA) is 178 Å². The van der Waals surface area contributed by atoms with Gasteiger partial charge in [-0.3, -0.25) is 23.5 Å². The summed E-state index contributed by atoms with van der Waals surface area (Å²) < 4.78 is 13.4. The van der Waals surface area contributed by atoms with E-state index >= 15 is 0 Å². The van der Waals surface area contributed by atoms with Gasteiger partial charge in [0.05, 0.1) is 6.54 Å². The lowest BCUT2D eigenvalue weighted by Gasteiger charge is -2.10. The zero-order chi connectivity index (χ0) is 32.2. The molecule has 0 aliphatic carbocycles. The molecule has 4 N–H and O–H groups in total. The maximum absolute atomic E-state index is 13.0. The Balaban J connectivity index is 1.20. The zero-order valence-corrected chi connectivity index (χ0v) is 25.3. The number of H-pyrrole nitrogens is 1. The SMILES string of the molecule is CCCn1c(=O)c2[nH]c(-c3ccc(OCC(=O)NCCNC(=O)CNC(=O)OCc4ccccc4)cc3)nc2n(CCC)c1=O. The molecule has 0 aliphatic heterocycles. The van der Waals surface area contributed by atoms with E-state index in [4.69, 9.17) is 9.47 Å². The molecule has 2 aromatic heterocycles. The van der Waals surface area contributed by atoms with Gasteiger partial charge in [0.25, 0.3) is 11.5 Å². The maximum Gasteiger partial charge on any atom is 0.407 e. The second kappa shape index (κ2) is 15.9. The van der Waals surface area contributed by atoms with Crippen molar-refractivity contribution in [2.45, 2.75) is 46.4 Å². The molecule has 0 aliphatic rings. The molecule has 0 atom stereocenters. The molecule has 2 heterocycles. The highest BCUT2D eigenvalue weighted by molar-refractivity contribution is 5.82. The number of carbonyl (C=O) groups is 3. The number of carbonyl (C=O) groups excluding carboxylic acids is 3. The maximum atomic E-state index is 13.0. The minimum atomic E-state index is -0.709. The number of nitrogens with zero attached hydrogens (tertiary/aromatic N) is 3. The van der Waals surface area contributed by atoms with E-state index in [9.17, 15) is 24.0 Å². The summed E-state index contributed by atoms with van der Waals surface area (Å²) in [5, 5.41) is 7.59. The van der Waals surface area contributed by atoms with Crippen LogP contribution in [0.4, 0.5) is 4.79 Å². The van der Waals surface area contributed by atoms with Crippen LogP contribution < -0.4 is 31.9 Å². The number of benzene rings is 2. The lowest BCUT2D eigenvalue weighted by molar-refractivity contribution is -0.123. The predicted molar refractivity (Wildman–Crippen MR) is 167 cm³/mol. The summed E-state index contributed by atoms with van der Waals surface area (Å²) in [4.78, 5) is 69.3. The monoisotopic (exact) mass is 619 g/mol. The third kappa shape index (κ3) is 8.81. The Morgan fingerprint density at radius 1 is 0.844 bits per heavy atom. The number of nitrogens with one attached hydrogen (secondary N) is 4. The summed E-state index contributed by atoms with van der Waals surface area (Å²) in [5.41, 5.74) is 1.33. The van der Waals surface area contributed by atoms with Crippen LogP contribution in [0.1, 0.15) is 32.3 Å².